The van der Waals surface area contributed by atoms with E-state index in [-0.39, 0.29) is 10.8 Å². The largest absolute Gasteiger partial charge is 0.323 e. The van der Waals surface area contributed by atoms with E-state index in [2.05, 4.69) is 54.3 Å². The number of benzene rings is 2. The van der Waals surface area contributed by atoms with Gasteiger partial charge in [0, 0.05) is 37.5 Å². The van der Waals surface area contributed by atoms with Crippen LogP contribution >= 0.6 is 23.1 Å². The lowest BCUT2D eigenvalue weighted by atomic mass is 9.86. The number of rotatable bonds is 4. The average Bonchev–Trinajstić information content (AvgIpc) is 2.98. The highest BCUT2D eigenvalue weighted by atomic mass is 32.2. The molecule has 0 amide bonds. The summed E-state index contributed by atoms with van der Waals surface area (Å²) in [5.74, 6) is 6.90. The van der Waals surface area contributed by atoms with Gasteiger partial charge in [0.05, 0.1) is 6.07 Å². The van der Waals surface area contributed by atoms with Gasteiger partial charge in [-0.25, -0.2) is 0 Å². The van der Waals surface area contributed by atoms with Gasteiger partial charge in [-0.3, -0.25) is 0 Å². The minimum atomic E-state index is -0.190. The molecule has 1 unspecified atom stereocenters. The molecule has 1 atom stereocenters. The van der Waals surface area contributed by atoms with Crippen molar-refractivity contribution >= 4 is 43.3 Å². The van der Waals surface area contributed by atoms with E-state index in [0.717, 1.165) is 36.1 Å². The Morgan fingerprint density at radius 1 is 1.19 bits per heavy atom. The van der Waals surface area contributed by atoms with Crippen LogP contribution in [0, 0.1) is 23.2 Å². The van der Waals surface area contributed by atoms with Crippen LogP contribution in [0.3, 0.4) is 0 Å². The van der Waals surface area contributed by atoms with E-state index in [0.29, 0.717) is 0 Å². The summed E-state index contributed by atoms with van der Waals surface area (Å²) in [4.78, 5) is 0. The molecule has 1 aromatic heterocycles. The molecule has 2 aromatic carbocycles. The number of thioether (sulfide) groups is 1. The van der Waals surface area contributed by atoms with Gasteiger partial charge in [0.2, 0.25) is 0 Å². The van der Waals surface area contributed by atoms with Gasteiger partial charge in [-0.1, -0.05) is 12.0 Å². The maximum Gasteiger partial charge on any atom is 0.102 e. The molecule has 0 aliphatic heterocycles. The topological polar surface area (TPSA) is 49.8 Å². The predicted octanol–water partition coefficient (Wildman–Crippen LogP) is 5.61. The summed E-state index contributed by atoms with van der Waals surface area (Å²) in [5.41, 5.74) is 8.66. The monoisotopic (exact) mass is 376 g/mol. The van der Waals surface area contributed by atoms with E-state index in [1.54, 1.807) is 23.1 Å². The number of fused-ring (bicyclic) bond motifs is 3. The highest BCUT2D eigenvalue weighted by Crippen LogP contribution is 2.44. The Morgan fingerprint density at radius 3 is 2.58 bits per heavy atom. The van der Waals surface area contributed by atoms with Crippen molar-refractivity contribution in [1.82, 2.24) is 0 Å². The minimum absolute atomic E-state index is 0.0520. The molecule has 1 saturated carbocycles. The van der Waals surface area contributed by atoms with Crippen LogP contribution < -0.4 is 5.73 Å². The quantitative estimate of drug-likeness (QED) is 0.603. The summed E-state index contributed by atoms with van der Waals surface area (Å²) in [5, 5.41) is 11.9. The van der Waals surface area contributed by atoms with Crippen LogP contribution in [0.5, 0.6) is 0 Å². The van der Waals surface area contributed by atoms with Crippen molar-refractivity contribution in [3.05, 3.63) is 47.5 Å². The standard InChI is InChI=1S/C22H20N2S2/c1-2-4-15-5-7-20-17(11-15)18-12-16(6-8-21(18)26-20)19(24)13-25-22(14-23)9-3-10-22/h5-8,11-12,19H,3,9-10,13,24H2,1H3. The average molecular weight is 377 g/mol. The maximum absolute atomic E-state index is 9.40. The summed E-state index contributed by atoms with van der Waals surface area (Å²) in [6.07, 6.45) is 3.15. The van der Waals surface area contributed by atoms with Gasteiger partial charge in [-0.15, -0.1) is 29.0 Å². The maximum atomic E-state index is 9.40. The molecule has 0 saturated heterocycles. The zero-order valence-corrected chi connectivity index (χ0v) is 16.3. The van der Waals surface area contributed by atoms with E-state index in [1.165, 1.54) is 20.2 Å². The molecule has 1 aliphatic carbocycles. The first kappa shape index (κ1) is 17.4. The van der Waals surface area contributed by atoms with E-state index in [9.17, 15) is 5.26 Å². The van der Waals surface area contributed by atoms with Crippen molar-refractivity contribution in [2.75, 3.05) is 5.75 Å². The first-order chi connectivity index (χ1) is 12.6. The normalized spacial score (nSPS) is 16.5. The van der Waals surface area contributed by atoms with E-state index in [4.69, 9.17) is 5.73 Å². The third kappa shape index (κ3) is 3.10. The van der Waals surface area contributed by atoms with Gasteiger partial charge >= 0.3 is 0 Å². The zero-order chi connectivity index (χ0) is 18.1. The predicted molar refractivity (Wildman–Crippen MR) is 113 cm³/mol. The summed E-state index contributed by atoms with van der Waals surface area (Å²) in [7, 11) is 0. The van der Waals surface area contributed by atoms with Gasteiger partial charge < -0.3 is 5.73 Å². The Morgan fingerprint density at radius 2 is 1.92 bits per heavy atom. The SMILES string of the molecule is CC#Cc1ccc2sc3ccc(C(N)CSC4(C#N)CCC4)cc3c2c1. The van der Waals surface area contributed by atoms with E-state index < -0.39 is 0 Å². The number of hydrogen-bond donors (Lipinski definition) is 1. The van der Waals surface area contributed by atoms with Gasteiger partial charge in [-0.2, -0.15) is 5.26 Å². The Hall–Kier alpha value is -1.98. The second-order valence-electron chi connectivity index (χ2n) is 6.82. The fraction of sp³-hybridized carbons (Fsp3) is 0.318. The number of thiophene rings is 1. The second-order valence-corrected chi connectivity index (χ2v) is 9.31. The summed E-state index contributed by atoms with van der Waals surface area (Å²) < 4.78 is 2.36. The molecule has 4 rings (SSSR count). The molecule has 1 aliphatic rings. The van der Waals surface area contributed by atoms with Crippen LogP contribution in [0.4, 0.5) is 0 Å². The zero-order valence-electron chi connectivity index (χ0n) is 14.7. The number of hydrogen-bond acceptors (Lipinski definition) is 4. The molecule has 0 spiro atoms. The van der Waals surface area contributed by atoms with Gasteiger partial charge in [0.25, 0.3) is 0 Å². The fourth-order valence-electron chi connectivity index (χ4n) is 3.38. The molecule has 1 fully saturated rings. The highest BCUT2D eigenvalue weighted by Gasteiger charge is 2.38. The molecule has 130 valence electrons. The molecule has 4 heteroatoms. The summed E-state index contributed by atoms with van der Waals surface area (Å²) in [6.45, 7) is 1.86. The third-order valence-electron chi connectivity index (χ3n) is 5.09. The molecular weight excluding hydrogens is 356 g/mol. The summed E-state index contributed by atoms with van der Waals surface area (Å²) >= 11 is 3.54. The van der Waals surface area contributed by atoms with Crippen LogP contribution in [0.15, 0.2) is 36.4 Å². The third-order valence-corrected chi connectivity index (χ3v) is 7.82. The second kappa shape index (κ2) is 6.97. The fourth-order valence-corrected chi connectivity index (χ4v) is 5.78. The molecular formula is C22H20N2S2. The van der Waals surface area contributed by atoms with Crippen molar-refractivity contribution in [2.24, 2.45) is 5.73 Å². The van der Waals surface area contributed by atoms with Crippen molar-refractivity contribution in [1.29, 1.82) is 5.26 Å². The molecule has 2 nitrogen and oxygen atoms in total. The van der Waals surface area contributed by atoms with Crippen LogP contribution in [-0.4, -0.2) is 10.5 Å². The van der Waals surface area contributed by atoms with Crippen molar-refractivity contribution in [2.45, 2.75) is 37.0 Å². The number of nitriles is 1. The first-order valence-corrected chi connectivity index (χ1v) is 10.6. The van der Waals surface area contributed by atoms with Crippen LogP contribution in [0.25, 0.3) is 20.2 Å². The van der Waals surface area contributed by atoms with Gasteiger partial charge in [0.1, 0.15) is 4.75 Å². The lowest BCUT2D eigenvalue weighted by molar-refractivity contribution is 0.440. The minimum Gasteiger partial charge on any atom is -0.323 e. The molecule has 0 radical (unpaired) electrons. The van der Waals surface area contributed by atoms with E-state index >= 15 is 0 Å². The Labute approximate surface area is 162 Å². The van der Waals surface area contributed by atoms with Gasteiger partial charge in [0.15, 0.2) is 0 Å². The van der Waals surface area contributed by atoms with Crippen molar-refractivity contribution in [3.8, 4) is 17.9 Å². The first-order valence-electron chi connectivity index (χ1n) is 8.84. The summed E-state index contributed by atoms with van der Waals surface area (Å²) in [6, 6.07) is 15.4. The number of nitrogens with zero attached hydrogens (tertiary/aromatic N) is 1. The van der Waals surface area contributed by atoms with Crippen molar-refractivity contribution < 1.29 is 0 Å². The Bertz CT molecular complexity index is 1070. The van der Waals surface area contributed by atoms with Crippen molar-refractivity contribution in [3.63, 3.8) is 0 Å². The lowest BCUT2D eigenvalue weighted by Crippen LogP contribution is -2.33. The Balaban J connectivity index is 1.65. The van der Waals surface area contributed by atoms with Crippen LogP contribution in [0.2, 0.25) is 0 Å². The molecule has 2 N–H and O–H groups in total. The molecule has 1 heterocycles. The highest BCUT2D eigenvalue weighted by molar-refractivity contribution is 8.01. The molecule has 3 aromatic rings. The lowest BCUT2D eigenvalue weighted by Gasteiger charge is -2.35. The van der Waals surface area contributed by atoms with E-state index in [1.807, 2.05) is 6.92 Å². The molecule has 0 bridgehead atoms. The van der Waals surface area contributed by atoms with Gasteiger partial charge in [-0.05, 0) is 62.1 Å². The van der Waals surface area contributed by atoms with Crippen LogP contribution in [-0.2, 0) is 0 Å². The molecule has 26 heavy (non-hydrogen) atoms. The smallest absolute Gasteiger partial charge is 0.102 e. The number of nitrogens with two attached hydrogens (primary N) is 1. The van der Waals surface area contributed by atoms with Crippen LogP contribution in [0.1, 0.15) is 43.4 Å². The Kier molecular flexibility index (Phi) is 4.67.